The number of aromatic nitrogens is 2. The smallest absolute Gasteiger partial charge is 0.431 e. The molecular weight excluding hydrogens is 521 g/mol. The quantitative estimate of drug-likeness (QED) is 0.276. The van der Waals surface area contributed by atoms with Gasteiger partial charge in [0, 0.05) is 19.7 Å². The molecule has 0 aliphatic heterocycles. The van der Waals surface area contributed by atoms with Gasteiger partial charge in [-0.15, -0.1) is 0 Å². The van der Waals surface area contributed by atoms with Gasteiger partial charge in [-0.05, 0) is 42.8 Å². The summed E-state index contributed by atoms with van der Waals surface area (Å²) in [6.45, 7) is -0.631. The third kappa shape index (κ3) is 6.44. The molecule has 3 aromatic rings. The zero-order valence-electron chi connectivity index (χ0n) is 19.1. The number of alkyl halides is 3. The standard InChI is InChI=1S/C22H21F3N4O7S/c1-28(37(34,35)16-9-7-15(8-10-16)36-14-5-3-2-4-6-14)17(20(31)27-33)11-12-29-19(30)13-18(22(23,24)25)26-21(29)32/h2-10,13,17,33H,11-12H2,1H3,(H,26,32)(H,27,31). The van der Waals surface area contributed by atoms with Crippen LogP contribution in [0.25, 0.3) is 0 Å². The highest BCUT2D eigenvalue weighted by atomic mass is 32.2. The Labute approximate surface area is 207 Å². The Kier molecular flexibility index (Phi) is 8.20. The molecule has 1 heterocycles. The number of likely N-dealkylation sites (N-methyl/N-ethyl adjacent to an activating group) is 1. The Morgan fingerprint density at radius 2 is 1.70 bits per heavy atom. The summed E-state index contributed by atoms with van der Waals surface area (Å²) in [7, 11) is -3.32. The molecule has 0 radical (unpaired) electrons. The fourth-order valence-electron chi connectivity index (χ4n) is 3.33. The summed E-state index contributed by atoms with van der Waals surface area (Å²) < 4.78 is 71.2. The Bertz CT molecular complexity index is 1440. The third-order valence-electron chi connectivity index (χ3n) is 5.28. The number of hydrogen-bond donors (Lipinski definition) is 3. The molecule has 0 fully saturated rings. The van der Waals surface area contributed by atoms with Crippen LogP contribution in [-0.2, 0) is 27.5 Å². The van der Waals surface area contributed by atoms with Crippen LogP contribution in [0.1, 0.15) is 12.1 Å². The van der Waals surface area contributed by atoms with E-state index in [9.17, 15) is 36.0 Å². The summed E-state index contributed by atoms with van der Waals surface area (Å²) in [5.74, 6) is -0.340. The van der Waals surface area contributed by atoms with E-state index in [4.69, 9.17) is 9.94 Å². The van der Waals surface area contributed by atoms with E-state index in [0.29, 0.717) is 20.4 Å². The summed E-state index contributed by atoms with van der Waals surface area (Å²) in [4.78, 5) is 37.6. The number of H-pyrrole nitrogens is 1. The maximum atomic E-state index is 13.1. The number of nitrogens with zero attached hydrogens (tertiary/aromatic N) is 2. The lowest BCUT2D eigenvalue weighted by molar-refractivity contribution is -0.141. The van der Waals surface area contributed by atoms with E-state index in [2.05, 4.69) is 0 Å². The average Bonchev–Trinajstić information content (AvgIpc) is 2.85. The molecule has 1 unspecified atom stereocenters. The van der Waals surface area contributed by atoms with Gasteiger partial charge in [0.25, 0.3) is 11.5 Å². The Morgan fingerprint density at radius 3 is 2.24 bits per heavy atom. The maximum Gasteiger partial charge on any atom is 0.431 e. The number of halogens is 3. The van der Waals surface area contributed by atoms with Crippen molar-refractivity contribution in [3.05, 3.63) is 87.2 Å². The van der Waals surface area contributed by atoms with Crippen LogP contribution < -0.4 is 21.5 Å². The number of sulfonamides is 1. The van der Waals surface area contributed by atoms with Crippen LogP contribution in [0.2, 0.25) is 0 Å². The first-order valence-corrected chi connectivity index (χ1v) is 11.9. The molecule has 2 aromatic carbocycles. The van der Waals surface area contributed by atoms with Crippen molar-refractivity contribution in [2.75, 3.05) is 7.05 Å². The van der Waals surface area contributed by atoms with E-state index < -0.39 is 58.1 Å². The molecule has 0 aliphatic carbocycles. The number of carbonyl (C=O) groups is 1. The maximum absolute atomic E-state index is 13.1. The van der Waals surface area contributed by atoms with Crippen LogP contribution >= 0.6 is 0 Å². The van der Waals surface area contributed by atoms with Gasteiger partial charge in [0.05, 0.1) is 4.90 Å². The minimum atomic E-state index is -4.97. The van der Waals surface area contributed by atoms with Crippen LogP contribution in [0, 0.1) is 0 Å². The van der Waals surface area contributed by atoms with Gasteiger partial charge in [0.1, 0.15) is 23.2 Å². The largest absolute Gasteiger partial charge is 0.457 e. The number of aromatic amines is 1. The molecule has 11 nitrogen and oxygen atoms in total. The van der Waals surface area contributed by atoms with Gasteiger partial charge in [-0.2, -0.15) is 17.5 Å². The molecule has 0 bridgehead atoms. The molecule has 1 aromatic heterocycles. The second-order valence-corrected chi connectivity index (χ2v) is 9.66. The minimum absolute atomic E-state index is 0.169. The van der Waals surface area contributed by atoms with E-state index >= 15 is 0 Å². The topological polar surface area (TPSA) is 151 Å². The van der Waals surface area contributed by atoms with Crippen molar-refractivity contribution in [2.45, 2.75) is 30.1 Å². The number of nitrogens with one attached hydrogen (secondary N) is 2. The van der Waals surface area contributed by atoms with E-state index in [0.717, 1.165) is 7.05 Å². The predicted molar refractivity (Wildman–Crippen MR) is 123 cm³/mol. The van der Waals surface area contributed by atoms with Crippen molar-refractivity contribution < 1.29 is 36.3 Å². The number of amides is 1. The molecule has 0 saturated carbocycles. The fraction of sp³-hybridized carbons (Fsp3) is 0.227. The van der Waals surface area contributed by atoms with Gasteiger partial charge in [0.2, 0.25) is 10.0 Å². The fourth-order valence-corrected chi connectivity index (χ4v) is 4.68. The van der Waals surface area contributed by atoms with E-state index in [1.165, 1.54) is 34.7 Å². The van der Waals surface area contributed by atoms with Crippen molar-refractivity contribution in [3.63, 3.8) is 0 Å². The summed E-state index contributed by atoms with van der Waals surface area (Å²) in [5, 5.41) is 9.10. The number of hydroxylamine groups is 1. The van der Waals surface area contributed by atoms with Crippen molar-refractivity contribution in [1.82, 2.24) is 19.3 Å². The van der Waals surface area contributed by atoms with Crippen LogP contribution in [0.4, 0.5) is 13.2 Å². The molecule has 3 N–H and O–H groups in total. The summed E-state index contributed by atoms with van der Waals surface area (Å²) in [5.41, 5.74) is -2.95. The third-order valence-corrected chi connectivity index (χ3v) is 7.16. The first-order chi connectivity index (χ1) is 17.3. The molecule has 198 valence electrons. The van der Waals surface area contributed by atoms with Gasteiger partial charge in [-0.3, -0.25) is 19.4 Å². The molecule has 1 amide bonds. The molecule has 0 spiro atoms. The second-order valence-electron chi connectivity index (χ2n) is 7.66. The highest BCUT2D eigenvalue weighted by molar-refractivity contribution is 7.89. The lowest BCUT2D eigenvalue weighted by Gasteiger charge is -2.26. The normalized spacial score (nSPS) is 12.8. The number of carbonyl (C=O) groups excluding carboxylic acids is 1. The first kappa shape index (κ1) is 27.6. The van der Waals surface area contributed by atoms with E-state index in [-0.39, 0.29) is 11.0 Å². The number of ether oxygens (including phenoxy) is 1. The molecule has 1 atom stereocenters. The Balaban J connectivity index is 1.82. The number of hydrogen-bond acceptors (Lipinski definition) is 7. The zero-order valence-corrected chi connectivity index (χ0v) is 19.9. The monoisotopic (exact) mass is 542 g/mol. The molecule has 3 rings (SSSR count). The van der Waals surface area contributed by atoms with Gasteiger partial charge < -0.3 is 9.72 Å². The van der Waals surface area contributed by atoms with Crippen molar-refractivity contribution in [1.29, 1.82) is 0 Å². The lowest BCUT2D eigenvalue weighted by atomic mass is 10.2. The highest BCUT2D eigenvalue weighted by Gasteiger charge is 2.35. The predicted octanol–water partition coefficient (Wildman–Crippen LogP) is 1.93. The van der Waals surface area contributed by atoms with Gasteiger partial charge in [-0.25, -0.2) is 18.7 Å². The van der Waals surface area contributed by atoms with Crippen molar-refractivity contribution in [3.8, 4) is 11.5 Å². The Morgan fingerprint density at radius 1 is 1.11 bits per heavy atom. The van der Waals surface area contributed by atoms with E-state index in [1.54, 1.807) is 30.3 Å². The van der Waals surface area contributed by atoms with Crippen LogP contribution in [0.5, 0.6) is 11.5 Å². The van der Waals surface area contributed by atoms with Crippen LogP contribution in [-0.4, -0.2) is 46.5 Å². The minimum Gasteiger partial charge on any atom is -0.457 e. The molecule has 37 heavy (non-hydrogen) atoms. The average molecular weight is 542 g/mol. The van der Waals surface area contributed by atoms with Crippen LogP contribution in [0.3, 0.4) is 0 Å². The SMILES string of the molecule is CN(C(CCn1c(=O)cc(C(F)(F)F)[nH]c1=O)C(=O)NO)S(=O)(=O)c1ccc(Oc2ccccc2)cc1. The Hall–Kier alpha value is -3.95. The number of benzene rings is 2. The first-order valence-electron chi connectivity index (χ1n) is 10.5. The van der Waals surface area contributed by atoms with Gasteiger partial charge in [0.15, 0.2) is 0 Å². The number of rotatable bonds is 9. The summed E-state index contributed by atoms with van der Waals surface area (Å²) >= 11 is 0. The number of para-hydroxylation sites is 1. The molecular formula is C22H21F3N4O7S. The molecule has 0 aliphatic rings. The summed E-state index contributed by atoms with van der Waals surface area (Å²) in [6, 6.07) is 12.4. The second kappa shape index (κ2) is 11.0. The van der Waals surface area contributed by atoms with Crippen LogP contribution in [0.15, 0.2) is 75.1 Å². The highest BCUT2D eigenvalue weighted by Crippen LogP contribution is 2.26. The lowest BCUT2D eigenvalue weighted by Crippen LogP contribution is -2.48. The van der Waals surface area contributed by atoms with Crippen molar-refractivity contribution in [2.24, 2.45) is 0 Å². The van der Waals surface area contributed by atoms with Gasteiger partial charge in [-0.1, -0.05) is 18.2 Å². The molecule has 15 heteroatoms. The summed E-state index contributed by atoms with van der Waals surface area (Å²) in [6.07, 6.45) is -5.50. The van der Waals surface area contributed by atoms with Crippen molar-refractivity contribution >= 4 is 15.9 Å². The zero-order chi connectivity index (χ0) is 27.4. The van der Waals surface area contributed by atoms with E-state index in [1.807, 2.05) is 0 Å². The molecule has 0 saturated heterocycles. The van der Waals surface area contributed by atoms with Gasteiger partial charge >= 0.3 is 11.9 Å².